The second kappa shape index (κ2) is 9.61. The number of hydrogen-bond donors (Lipinski definition) is 1. The van der Waals surface area contributed by atoms with Crippen molar-refractivity contribution in [2.75, 3.05) is 12.4 Å². The molecule has 0 heterocycles. The maximum atomic E-state index is 13.1. The average molecular weight is 438 g/mol. The highest BCUT2D eigenvalue weighted by Gasteiger charge is 2.13. The SMILES string of the molecule is CNc1ccc(Oc2ccc(C(=O)c3ccc(Oc4ccc(C)cc4)c(C)c3)cc2C)cc1. The van der Waals surface area contributed by atoms with Crippen molar-refractivity contribution >= 4 is 11.5 Å². The minimum absolute atomic E-state index is 0.0343. The monoisotopic (exact) mass is 437 g/mol. The third-order valence-corrected chi connectivity index (χ3v) is 5.49. The number of ketones is 1. The van der Waals surface area contributed by atoms with Gasteiger partial charge in [-0.15, -0.1) is 0 Å². The standard InChI is InChI=1S/C29H27NO3/c1-19-5-11-25(12-6-19)32-27-15-7-22(17-20(27)2)29(31)23-8-16-28(21(3)18-23)33-26-13-9-24(30-4)10-14-26/h5-18,30H,1-4H3. The van der Waals surface area contributed by atoms with Gasteiger partial charge in [0.25, 0.3) is 0 Å². The van der Waals surface area contributed by atoms with Gasteiger partial charge in [0.2, 0.25) is 0 Å². The molecule has 4 nitrogen and oxygen atoms in total. The Labute approximate surface area is 194 Å². The smallest absolute Gasteiger partial charge is 0.193 e. The lowest BCUT2D eigenvalue weighted by Gasteiger charge is -2.12. The Hall–Kier alpha value is -4.05. The molecule has 0 saturated carbocycles. The van der Waals surface area contributed by atoms with Crippen molar-refractivity contribution in [2.45, 2.75) is 20.8 Å². The van der Waals surface area contributed by atoms with Crippen LogP contribution in [0.15, 0.2) is 84.9 Å². The molecule has 0 radical (unpaired) electrons. The molecule has 4 rings (SSSR count). The van der Waals surface area contributed by atoms with E-state index in [-0.39, 0.29) is 5.78 Å². The van der Waals surface area contributed by atoms with Crippen LogP contribution in [0.25, 0.3) is 0 Å². The topological polar surface area (TPSA) is 47.6 Å². The van der Waals surface area contributed by atoms with E-state index in [0.29, 0.717) is 11.1 Å². The Morgan fingerprint density at radius 1 is 0.636 bits per heavy atom. The van der Waals surface area contributed by atoms with Crippen LogP contribution in [0.5, 0.6) is 23.0 Å². The molecule has 1 N–H and O–H groups in total. The van der Waals surface area contributed by atoms with Gasteiger partial charge in [-0.1, -0.05) is 17.7 Å². The van der Waals surface area contributed by atoms with Gasteiger partial charge in [-0.25, -0.2) is 0 Å². The molecule has 0 aliphatic carbocycles. The summed E-state index contributed by atoms with van der Waals surface area (Å²) in [6, 6.07) is 26.7. The second-order valence-electron chi connectivity index (χ2n) is 8.08. The van der Waals surface area contributed by atoms with Crippen molar-refractivity contribution in [1.82, 2.24) is 0 Å². The molecule has 4 aromatic rings. The summed E-state index contributed by atoms with van der Waals surface area (Å²) in [5, 5.41) is 3.09. The summed E-state index contributed by atoms with van der Waals surface area (Å²) in [7, 11) is 1.88. The first kappa shape index (κ1) is 22.2. The molecule has 0 fully saturated rings. The number of rotatable bonds is 7. The summed E-state index contributed by atoms with van der Waals surface area (Å²) in [6.07, 6.45) is 0. The second-order valence-corrected chi connectivity index (χ2v) is 8.08. The van der Waals surface area contributed by atoms with Crippen molar-refractivity contribution in [3.8, 4) is 23.0 Å². The number of benzene rings is 4. The van der Waals surface area contributed by atoms with Crippen LogP contribution in [0.4, 0.5) is 5.69 Å². The third-order valence-electron chi connectivity index (χ3n) is 5.49. The van der Waals surface area contributed by atoms with E-state index in [1.54, 1.807) is 6.07 Å². The minimum atomic E-state index is -0.0343. The highest BCUT2D eigenvalue weighted by atomic mass is 16.5. The fourth-order valence-electron chi connectivity index (χ4n) is 3.53. The lowest BCUT2D eigenvalue weighted by Crippen LogP contribution is -2.03. The van der Waals surface area contributed by atoms with Crippen LogP contribution in [0.2, 0.25) is 0 Å². The largest absolute Gasteiger partial charge is 0.457 e. The number of anilines is 1. The van der Waals surface area contributed by atoms with Crippen molar-refractivity contribution in [2.24, 2.45) is 0 Å². The summed E-state index contributed by atoms with van der Waals surface area (Å²) in [5.41, 5.74) is 5.25. The molecule has 0 atom stereocenters. The lowest BCUT2D eigenvalue weighted by atomic mass is 9.99. The molecule has 0 saturated heterocycles. The fraction of sp³-hybridized carbons (Fsp3) is 0.138. The maximum absolute atomic E-state index is 13.1. The van der Waals surface area contributed by atoms with Gasteiger partial charge < -0.3 is 14.8 Å². The van der Waals surface area contributed by atoms with Gasteiger partial charge in [0.05, 0.1) is 0 Å². The van der Waals surface area contributed by atoms with Crippen LogP contribution >= 0.6 is 0 Å². The van der Waals surface area contributed by atoms with E-state index in [1.807, 2.05) is 107 Å². The van der Waals surface area contributed by atoms with E-state index in [9.17, 15) is 4.79 Å². The van der Waals surface area contributed by atoms with E-state index >= 15 is 0 Å². The highest BCUT2D eigenvalue weighted by Crippen LogP contribution is 2.29. The zero-order chi connectivity index (χ0) is 23.4. The molecule has 0 aromatic heterocycles. The van der Waals surface area contributed by atoms with Crippen molar-refractivity contribution < 1.29 is 14.3 Å². The van der Waals surface area contributed by atoms with Crippen molar-refractivity contribution in [3.05, 3.63) is 113 Å². The van der Waals surface area contributed by atoms with Crippen LogP contribution < -0.4 is 14.8 Å². The molecular formula is C29H27NO3. The van der Waals surface area contributed by atoms with Gasteiger partial charge in [0.1, 0.15) is 23.0 Å². The minimum Gasteiger partial charge on any atom is -0.457 e. The molecule has 4 heteroatoms. The number of carbonyl (C=O) groups excluding carboxylic acids is 1. The first-order valence-electron chi connectivity index (χ1n) is 10.9. The number of aryl methyl sites for hydroxylation is 3. The first-order chi connectivity index (χ1) is 15.9. The van der Waals surface area contributed by atoms with Crippen LogP contribution in [0, 0.1) is 20.8 Å². The first-order valence-corrected chi connectivity index (χ1v) is 10.9. The Morgan fingerprint density at radius 3 is 1.52 bits per heavy atom. The summed E-state index contributed by atoms with van der Waals surface area (Å²) in [5.74, 6) is 2.94. The van der Waals surface area contributed by atoms with Crippen LogP contribution in [0.1, 0.15) is 32.6 Å². The molecule has 0 unspecified atom stereocenters. The summed E-state index contributed by atoms with van der Waals surface area (Å²) >= 11 is 0. The fourth-order valence-corrected chi connectivity index (χ4v) is 3.53. The Bertz CT molecular complexity index is 1280. The number of nitrogens with one attached hydrogen (secondary N) is 1. The Kier molecular flexibility index (Phi) is 6.45. The van der Waals surface area contributed by atoms with E-state index in [4.69, 9.17) is 9.47 Å². The molecule has 0 aliphatic heterocycles. The zero-order valence-electron chi connectivity index (χ0n) is 19.3. The molecule has 166 valence electrons. The molecule has 0 bridgehead atoms. The molecule has 0 spiro atoms. The van der Waals surface area contributed by atoms with Gasteiger partial charge in [-0.2, -0.15) is 0 Å². The van der Waals surface area contributed by atoms with E-state index in [2.05, 4.69) is 5.32 Å². The molecule has 0 amide bonds. The summed E-state index contributed by atoms with van der Waals surface area (Å²) in [4.78, 5) is 13.1. The van der Waals surface area contributed by atoms with E-state index < -0.39 is 0 Å². The van der Waals surface area contributed by atoms with Gasteiger partial charge >= 0.3 is 0 Å². The van der Waals surface area contributed by atoms with Crippen LogP contribution in [0.3, 0.4) is 0 Å². The predicted octanol–water partition coefficient (Wildman–Crippen LogP) is 7.47. The number of ether oxygens (including phenoxy) is 2. The average Bonchev–Trinajstić information content (AvgIpc) is 2.83. The summed E-state index contributed by atoms with van der Waals surface area (Å²) in [6.45, 7) is 5.93. The molecule has 4 aromatic carbocycles. The van der Waals surface area contributed by atoms with Gasteiger partial charge in [0, 0.05) is 23.9 Å². The zero-order valence-corrected chi connectivity index (χ0v) is 19.3. The van der Waals surface area contributed by atoms with E-state index in [0.717, 1.165) is 39.8 Å². The van der Waals surface area contributed by atoms with Crippen LogP contribution in [-0.4, -0.2) is 12.8 Å². The highest BCUT2D eigenvalue weighted by molar-refractivity contribution is 6.09. The Balaban J connectivity index is 1.49. The van der Waals surface area contributed by atoms with Gasteiger partial charge in [-0.05, 0) is 105 Å². The van der Waals surface area contributed by atoms with Crippen molar-refractivity contribution in [3.63, 3.8) is 0 Å². The predicted molar refractivity (Wildman–Crippen MR) is 133 cm³/mol. The number of hydrogen-bond acceptors (Lipinski definition) is 4. The Morgan fingerprint density at radius 2 is 1.09 bits per heavy atom. The maximum Gasteiger partial charge on any atom is 0.193 e. The normalized spacial score (nSPS) is 10.5. The molecule has 0 aliphatic rings. The third kappa shape index (κ3) is 5.24. The number of carbonyl (C=O) groups is 1. The van der Waals surface area contributed by atoms with Crippen LogP contribution in [-0.2, 0) is 0 Å². The van der Waals surface area contributed by atoms with Crippen molar-refractivity contribution in [1.29, 1.82) is 0 Å². The van der Waals surface area contributed by atoms with Gasteiger partial charge in [0.15, 0.2) is 5.78 Å². The quantitative estimate of drug-likeness (QED) is 0.305. The molecule has 33 heavy (non-hydrogen) atoms. The summed E-state index contributed by atoms with van der Waals surface area (Å²) < 4.78 is 12.0. The lowest BCUT2D eigenvalue weighted by molar-refractivity contribution is 0.103. The molecular weight excluding hydrogens is 410 g/mol. The van der Waals surface area contributed by atoms with E-state index in [1.165, 1.54) is 5.56 Å². The van der Waals surface area contributed by atoms with Gasteiger partial charge in [-0.3, -0.25) is 4.79 Å².